The van der Waals surface area contributed by atoms with Crippen molar-refractivity contribution < 1.29 is 10.2 Å². The average molecular weight is 653 g/mol. The molecule has 0 amide bonds. The molecule has 0 spiro atoms. The summed E-state index contributed by atoms with van der Waals surface area (Å²) in [6.45, 7) is 14.3. The number of hydrogen-bond acceptors (Lipinski definition) is 2. The first-order valence-corrected chi connectivity index (χ1v) is 18.0. The van der Waals surface area contributed by atoms with Crippen molar-refractivity contribution in [2.24, 2.45) is 0 Å². The van der Waals surface area contributed by atoms with Gasteiger partial charge in [0.25, 0.3) is 0 Å². The molecule has 6 aromatic rings. The Hall–Kier alpha value is -4.76. The average Bonchev–Trinajstić information content (AvgIpc) is 3.59. The zero-order valence-electron chi connectivity index (χ0n) is 29.9. The molecule has 248 valence electrons. The molecule has 3 aliphatic carbocycles. The molecule has 6 aromatic carbocycles. The molecule has 0 unspecified atom stereocenters. The molecule has 0 bridgehead atoms. The fraction of sp³-hybridized carbons (Fsp3) is 0.250. The summed E-state index contributed by atoms with van der Waals surface area (Å²) in [5.41, 5.74) is 22.8. The van der Waals surface area contributed by atoms with E-state index in [1.165, 1.54) is 94.6 Å². The van der Waals surface area contributed by atoms with Gasteiger partial charge in [0.2, 0.25) is 0 Å². The minimum Gasteiger partial charge on any atom is -0.396 e. The van der Waals surface area contributed by atoms with E-state index in [4.69, 9.17) is 0 Å². The summed E-state index contributed by atoms with van der Waals surface area (Å²) in [5.74, 6) is 0. The maximum absolute atomic E-state index is 9.80. The number of hydrogen-bond donors (Lipinski definition) is 2. The van der Waals surface area contributed by atoms with Crippen LogP contribution in [-0.4, -0.2) is 16.8 Å². The summed E-state index contributed by atoms with van der Waals surface area (Å²) >= 11 is 0. The van der Waals surface area contributed by atoms with Gasteiger partial charge in [-0.05, 0) is 131 Å². The van der Waals surface area contributed by atoms with E-state index in [2.05, 4.69) is 145 Å². The van der Waals surface area contributed by atoms with Crippen molar-refractivity contribution >= 4 is 0 Å². The molecule has 0 radical (unpaired) electrons. The zero-order chi connectivity index (χ0) is 34.7. The molecule has 3 aliphatic rings. The van der Waals surface area contributed by atoms with Crippen molar-refractivity contribution in [2.45, 2.75) is 70.8 Å². The Kier molecular flexibility index (Phi) is 6.64. The maximum Gasteiger partial charge on any atom is 0.0681 e. The summed E-state index contributed by atoms with van der Waals surface area (Å²) in [5, 5.41) is 19.3. The van der Waals surface area contributed by atoms with Crippen molar-refractivity contribution in [3.8, 4) is 55.6 Å². The molecule has 0 saturated carbocycles. The first-order chi connectivity index (χ1) is 23.9. The minimum atomic E-state index is -0.140. The van der Waals surface area contributed by atoms with Crippen molar-refractivity contribution in [3.05, 3.63) is 154 Å². The first kappa shape index (κ1) is 31.2. The first-order valence-electron chi connectivity index (χ1n) is 18.0. The largest absolute Gasteiger partial charge is 0.396 e. The lowest BCUT2D eigenvalue weighted by molar-refractivity contribution is 0.281. The molecule has 0 heterocycles. The number of aliphatic hydroxyl groups is 2. The van der Waals surface area contributed by atoms with Gasteiger partial charge in [0.05, 0.1) is 6.61 Å². The Morgan fingerprint density at radius 3 is 0.960 bits per heavy atom. The fourth-order valence-corrected chi connectivity index (χ4v) is 9.41. The lowest BCUT2D eigenvalue weighted by Crippen LogP contribution is -2.16. The molecule has 0 aliphatic heterocycles. The summed E-state index contributed by atoms with van der Waals surface area (Å²) in [7, 11) is 0. The lowest BCUT2D eigenvalue weighted by Gasteiger charge is -2.24. The van der Waals surface area contributed by atoms with Crippen LogP contribution in [0.1, 0.15) is 86.1 Å². The van der Waals surface area contributed by atoms with Gasteiger partial charge in [-0.1, -0.05) is 126 Å². The van der Waals surface area contributed by atoms with E-state index in [0.717, 1.165) is 5.56 Å². The van der Waals surface area contributed by atoms with Gasteiger partial charge in [0.15, 0.2) is 0 Å². The Labute approximate surface area is 296 Å². The lowest BCUT2D eigenvalue weighted by atomic mass is 9.79. The van der Waals surface area contributed by atoms with E-state index in [1.54, 1.807) is 0 Å². The number of benzene rings is 6. The topological polar surface area (TPSA) is 40.5 Å². The van der Waals surface area contributed by atoms with E-state index in [-0.39, 0.29) is 29.5 Å². The molecule has 0 saturated heterocycles. The molecule has 2 N–H and O–H groups in total. The van der Waals surface area contributed by atoms with Crippen LogP contribution in [0.3, 0.4) is 0 Å². The third kappa shape index (κ3) is 4.28. The minimum absolute atomic E-state index is 0.0630. The van der Waals surface area contributed by atoms with Gasteiger partial charge in [-0.3, -0.25) is 0 Å². The third-order valence-corrected chi connectivity index (χ3v) is 12.4. The number of aliphatic hydroxyl groups excluding tert-OH is 2. The summed E-state index contributed by atoms with van der Waals surface area (Å²) in [6, 6.07) is 41.2. The SMILES string of the molecule is CC1(C)c2cc(CO)ccc2-c2ccc(-c3ccc4c(c3)C(C)(C)c3cc(-c5ccc6c(c5)C(C)(C)c5cc(CCO)ccc5-6)ccc3-4)cc21. The monoisotopic (exact) mass is 652 g/mol. The van der Waals surface area contributed by atoms with Crippen molar-refractivity contribution in [1.29, 1.82) is 0 Å². The maximum atomic E-state index is 9.80. The Bertz CT molecular complexity index is 2400. The van der Waals surface area contributed by atoms with Crippen molar-refractivity contribution in [1.82, 2.24) is 0 Å². The van der Waals surface area contributed by atoms with E-state index >= 15 is 0 Å². The highest BCUT2D eigenvalue weighted by atomic mass is 16.3. The highest BCUT2D eigenvalue weighted by molar-refractivity contribution is 5.89. The van der Waals surface area contributed by atoms with Crippen molar-refractivity contribution in [3.63, 3.8) is 0 Å². The van der Waals surface area contributed by atoms with Crippen LogP contribution in [0.4, 0.5) is 0 Å². The standard InChI is InChI=1S/C48H44O2/c1-46(2)40-21-28(19-20-49)7-13-34(40)36-15-9-30(23-42(36)46)32-11-17-38-39-18-12-33(26-45(39)48(5,6)44(38)25-32)31-10-16-37-35-14-8-29(27-50)22-41(35)47(3,4)43(37)24-31/h7-18,21-26,49-50H,19-20,27H2,1-6H3. The van der Waals surface area contributed by atoms with E-state index in [9.17, 15) is 10.2 Å². The van der Waals surface area contributed by atoms with Gasteiger partial charge in [-0.15, -0.1) is 0 Å². The van der Waals surface area contributed by atoms with Crippen LogP contribution in [0.5, 0.6) is 0 Å². The Morgan fingerprint density at radius 1 is 0.360 bits per heavy atom. The highest BCUT2D eigenvalue weighted by Gasteiger charge is 2.39. The normalized spacial score (nSPS) is 16.3. The zero-order valence-corrected chi connectivity index (χ0v) is 29.9. The molecule has 0 fully saturated rings. The quantitative estimate of drug-likeness (QED) is 0.195. The van der Waals surface area contributed by atoms with Crippen LogP contribution in [0, 0.1) is 0 Å². The second-order valence-corrected chi connectivity index (χ2v) is 16.3. The molecule has 9 rings (SSSR count). The second-order valence-electron chi connectivity index (χ2n) is 16.3. The molecular formula is C48H44O2. The summed E-state index contributed by atoms with van der Waals surface area (Å²) in [6.07, 6.45) is 0.687. The number of rotatable bonds is 5. The summed E-state index contributed by atoms with van der Waals surface area (Å²) in [4.78, 5) is 0. The molecule has 0 atom stereocenters. The van der Waals surface area contributed by atoms with E-state index < -0.39 is 0 Å². The molecule has 0 aromatic heterocycles. The van der Waals surface area contributed by atoms with Crippen LogP contribution >= 0.6 is 0 Å². The van der Waals surface area contributed by atoms with Crippen molar-refractivity contribution in [2.75, 3.05) is 6.61 Å². The molecule has 2 nitrogen and oxygen atoms in total. The predicted octanol–water partition coefficient (Wildman–Crippen LogP) is 11.0. The second kappa shape index (κ2) is 10.6. The number of fused-ring (bicyclic) bond motifs is 9. The van der Waals surface area contributed by atoms with Crippen LogP contribution < -0.4 is 0 Å². The molecule has 2 heteroatoms. The molecule has 50 heavy (non-hydrogen) atoms. The highest BCUT2D eigenvalue weighted by Crippen LogP contribution is 2.54. The predicted molar refractivity (Wildman–Crippen MR) is 207 cm³/mol. The fourth-order valence-electron chi connectivity index (χ4n) is 9.41. The molecular weight excluding hydrogens is 609 g/mol. The van der Waals surface area contributed by atoms with E-state index in [0.29, 0.717) is 6.42 Å². The Morgan fingerprint density at radius 2 is 0.640 bits per heavy atom. The van der Waals surface area contributed by atoms with Gasteiger partial charge in [0, 0.05) is 22.9 Å². The van der Waals surface area contributed by atoms with Gasteiger partial charge in [0.1, 0.15) is 0 Å². The van der Waals surface area contributed by atoms with Crippen LogP contribution in [0.2, 0.25) is 0 Å². The van der Waals surface area contributed by atoms with Crippen LogP contribution in [-0.2, 0) is 29.3 Å². The van der Waals surface area contributed by atoms with Gasteiger partial charge in [-0.25, -0.2) is 0 Å². The van der Waals surface area contributed by atoms with E-state index in [1.807, 2.05) is 6.07 Å². The van der Waals surface area contributed by atoms with Crippen LogP contribution in [0.15, 0.2) is 109 Å². The van der Waals surface area contributed by atoms with Gasteiger partial charge >= 0.3 is 0 Å². The summed E-state index contributed by atoms with van der Waals surface area (Å²) < 4.78 is 0. The third-order valence-electron chi connectivity index (χ3n) is 12.4. The van der Waals surface area contributed by atoms with Gasteiger partial charge < -0.3 is 10.2 Å². The smallest absolute Gasteiger partial charge is 0.0681 e. The van der Waals surface area contributed by atoms with Gasteiger partial charge in [-0.2, -0.15) is 0 Å². The Balaban J connectivity index is 1.06. The van der Waals surface area contributed by atoms with Crippen LogP contribution in [0.25, 0.3) is 55.6 Å².